The second-order valence-electron chi connectivity index (χ2n) is 9.76. The van der Waals surface area contributed by atoms with Gasteiger partial charge in [0.05, 0.1) is 18.9 Å². The van der Waals surface area contributed by atoms with Crippen molar-refractivity contribution < 1.29 is 19.4 Å². The molecule has 1 aromatic heterocycles. The standard InChI is InChI=1S/C28H31N5O4/c1-16-5-3-6-20-19(16)10-12-33(28(36)23-14-21-22(32-23)7-4-8-24(21)37-2)25(20)27(35)31-18(15-29)13-17-9-11-30-26(17)34/h3-8,14,17-18,25,28,32,36H,9-13H2,1-2H3,(H,30,34)(H,31,35)/t17-,18-,25?,28?/m0/s1. The average Bonchev–Trinajstić information content (AvgIpc) is 3.53. The van der Waals surface area contributed by atoms with Gasteiger partial charge in [-0.2, -0.15) is 5.26 Å². The van der Waals surface area contributed by atoms with Crippen LogP contribution in [0.1, 0.15) is 47.5 Å². The number of benzene rings is 2. The number of amides is 2. The largest absolute Gasteiger partial charge is 0.496 e. The van der Waals surface area contributed by atoms with Crippen LogP contribution in [0.2, 0.25) is 0 Å². The first-order chi connectivity index (χ1) is 17.9. The summed E-state index contributed by atoms with van der Waals surface area (Å²) in [5.41, 5.74) is 4.34. The number of nitrogens with one attached hydrogen (secondary N) is 3. The topological polar surface area (TPSA) is 130 Å². The van der Waals surface area contributed by atoms with Crippen LogP contribution in [0.4, 0.5) is 0 Å². The number of aromatic amines is 1. The minimum absolute atomic E-state index is 0.0839. The Balaban J connectivity index is 1.46. The summed E-state index contributed by atoms with van der Waals surface area (Å²) in [6.07, 6.45) is 0.484. The van der Waals surface area contributed by atoms with Gasteiger partial charge in [0.2, 0.25) is 11.8 Å². The molecule has 5 rings (SSSR count). The zero-order chi connectivity index (χ0) is 26.1. The summed E-state index contributed by atoms with van der Waals surface area (Å²) in [4.78, 5) is 30.8. The number of carbonyl (C=O) groups is 2. The fourth-order valence-corrected chi connectivity index (χ4v) is 5.62. The summed E-state index contributed by atoms with van der Waals surface area (Å²) >= 11 is 0. The summed E-state index contributed by atoms with van der Waals surface area (Å²) in [7, 11) is 1.60. The van der Waals surface area contributed by atoms with Crippen molar-refractivity contribution in [1.29, 1.82) is 5.26 Å². The van der Waals surface area contributed by atoms with Gasteiger partial charge in [-0.05, 0) is 61.1 Å². The first kappa shape index (κ1) is 24.8. The molecule has 2 aromatic carbocycles. The number of aryl methyl sites for hydroxylation is 1. The number of carbonyl (C=O) groups excluding carboxylic acids is 2. The van der Waals surface area contributed by atoms with E-state index in [1.807, 2.05) is 49.4 Å². The minimum Gasteiger partial charge on any atom is -0.496 e. The normalized spacial score (nSPS) is 21.1. The fourth-order valence-electron chi connectivity index (χ4n) is 5.62. The van der Waals surface area contributed by atoms with Crippen LogP contribution in [0, 0.1) is 24.2 Å². The number of fused-ring (bicyclic) bond motifs is 2. The molecule has 0 aliphatic carbocycles. The number of hydrogen-bond donors (Lipinski definition) is 4. The second kappa shape index (κ2) is 10.2. The van der Waals surface area contributed by atoms with Gasteiger partial charge in [0, 0.05) is 29.9 Å². The predicted octanol–water partition coefficient (Wildman–Crippen LogP) is 2.61. The van der Waals surface area contributed by atoms with Gasteiger partial charge in [-0.25, -0.2) is 0 Å². The molecule has 2 unspecified atom stereocenters. The van der Waals surface area contributed by atoms with E-state index in [0.717, 1.165) is 27.6 Å². The maximum atomic E-state index is 13.8. The van der Waals surface area contributed by atoms with Gasteiger partial charge >= 0.3 is 0 Å². The van der Waals surface area contributed by atoms with Gasteiger partial charge < -0.3 is 25.5 Å². The smallest absolute Gasteiger partial charge is 0.243 e. The number of methoxy groups -OCH3 is 1. The number of aromatic nitrogens is 1. The predicted molar refractivity (Wildman–Crippen MR) is 137 cm³/mol. The van der Waals surface area contributed by atoms with E-state index in [2.05, 4.69) is 21.7 Å². The molecule has 0 saturated carbocycles. The first-order valence-corrected chi connectivity index (χ1v) is 12.6. The van der Waals surface area contributed by atoms with Crippen molar-refractivity contribution in [3.05, 3.63) is 64.8 Å². The van der Waals surface area contributed by atoms with Crippen LogP contribution in [-0.4, -0.2) is 53.0 Å². The molecule has 0 spiro atoms. The van der Waals surface area contributed by atoms with Crippen molar-refractivity contribution in [3.8, 4) is 11.8 Å². The second-order valence-corrected chi connectivity index (χ2v) is 9.76. The third-order valence-corrected chi connectivity index (χ3v) is 7.55. The third-order valence-electron chi connectivity index (χ3n) is 7.55. The Labute approximate surface area is 215 Å². The number of nitriles is 1. The van der Waals surface area contributed by atoms with E-state index in [0.29, 0.717) is 37.4 Å². The first-order valence-electron chi connectivity index (χ1n) is 12.6. The molecule has 0 bridgehead atoms. The van der Waals surface area contributed by atoms with Gasteiger partial charge in [-0.1, -0.05) is 24.3 Å². The summed E-state index contributed by atoms with van der Waals surface area (Å²) < 4.78 is 5.46. The number of rotatable bonds is 7. The van der Waals surface area contributed by atoms with E-state index in [4.69, 9.17) is 4.74 Å². The fraction of sp³-hybridized carbons (Fsp3) is 0.393. The number of nitrogens with zero attached hydrogens (tertiary/aromatic N) is 2. The van der Waals surface area contributed by atoms with E-state index in [1.165, 1.54) is 0 Å². The van der Waals surface area contributed by atoms with Crippen molar-refractivity contribution in [2.45, 2.75) is 44.5 Å². The Morgan fingerprint density at radius 1 is 1.32 bits per heavy atom. The van der Waals surface area contributed by atoms with E-state index >= 15 is 0 Å². The van der Waals surface area contributed by atoms with Crippen LogP contribution in [-0.2, 0) is 16.0 Å². The maximum absolute atomic E-state index is 13.8. The lowest BCUT2D eigenvalue weighted by molar-refractivity contribution is -0.134. The van der Waals surface area contributed by atoms with Gasteiger partial charge in [-0.3, -0.25) is 14.5 Å². The Kier molecular flexibility index (Phi) is 6.87. The molecule has 2 aliphatic rings. The highest BCUT2D eigenvalue weighted by atomic mass is 16.5. The number of hydrogen-bond acceptors (Lipinski definition) is 6. The molecule has 4 atom stereocenters. The van der Waals surface area contributed by atoms with E-state index in [-0.39, 0.29) is 24.2 Å². The quantitative estimate of drug-likeness (QED) is 0.394. The molecule has 3 heterocycles. The van der Waals surface area contributed by atoms with Gasteiger partial charge in [-0.15, -0.1) is 0 Å². The molecule has 2 aliphatic heterocycles. The Hall–Kier alpha value is -3.87. The monoisotopic (exact) mass is 501 g/mol. The van der Waals surface area contributed by atoms with E-state index in [9.17, 15) is 20.0 Å². The zero-order valence-corrected chi connectivity index (χ0v) is 21.0. The molecular weight excluding hydrogens is 470 g/mol. The lowest BCUT2D eigenvalue weighted by atomic mass is 9.88. The summed E-state index contributed by atoms with van der Waals surface area (Å²) in [5.74, 6) is -0.0635. The van der Waals surface area contributed by atoms with Crippen LogP contribution in [0.25, 0.3) is 10.9 Å². The van der Waals surface area contributed by atoms with Crippen LogP contribution in [0.3, 0.4) is 0 Å². The number of ether oxygens (including phenoxy) is 1. The van der Waals surface area contributed by atoms with Crippen LogP contribution in [0.5, 0.6) is 5.75 Å². The number of H-pyrrole nitrogens is 1. The highest BCUT2D eigenvalue weighted by molar-refractivity contribution is 5.87. The van der Waals surface area contributed by atoms with Crippen LogP contribution >= 0.6 is 0 Å². The van der Waals surface area contributed by atoms with Crippen molar-refractivity contribution in [3.63, 3.8) is 0 Å². The molecule has 192 valence electrons. The van der Waals surface area contributed by atoms with Crippen molar-refractivity contribution >= 4 is 22.7 Å². The highest BCUT2D eigenvalue weighted by Crippen LogP contribution is 2.38. The lowest BCUT2D eigenvalue weighted by Gasteiger charge is -2.39. The molecule has 37 heavy (non-hydrogen) atoms. The lowest BCUT2D eigenvalue weighted by Crippen LogP contribution is -2.48. The summed E-state index contributed by atoms with van der Waals surface area (Å²) in [6, 6.07) is 13.8. The van der Waals surface area contributed by atoms with Gasteiger partial charge in [0.15, 0.2) is 0 Å². The van der Waals surface area contributed by atoms with Crippen molar-refractivity contribution in [2.24, 2.45) is 5.92 Å². The Morgan fingerprint density at radius 2 is 2.14 bits per heavy atom. The molecule has 0 radical (unpaired) electrons. The molecule has 1 fully saturated rings. The Bertz CT molecular complexity index is 1380. The number of aliphatic hydroxyl groups excluding tert-OH is 1. The third kappa shape index (κ3) is 4.66. The molecular formula is C28H31N5O4. The molecule has 9 heteroatoms. The molecule has 2 amide bonds. The molecule has 4 N–H and O–H groups in total. The zero-order valence-electron chi connectivity index (χ0n) is 21.0. The summed E-state index contributed by atoms with van der Waals surface area (Å²) in [6.45, 7) is 3.05. The SMILES string of the molecule is COc1cccc2[nH]c(C(O)N3CCc4c(C)cccc4C3C(=O)N[C@H](C#N)C[C@@H]3CCNC3=O)cc12. The van der Waals surface area contributed by atoms with Crippen LogP contribution < -0.4 is 15.4 Å². The summed E-state index contributed by atoms with van der Waals surface area (Å²) in [5, 5.41) is 27.8. The van der Waals surface area contributed by atoms with E-state index in [1.54, 1.807) is 12.0 Å². The highest BCUT2D eigenvalue weighted by Gasteiger charge is 2.39. The van der Waals surface area contributed by atoms with Gasteiger partial charge in [0.1, 0.15) is 24.1 Å². The Morgan fingerprint density at radius 3 is 2.86 bits per heavy atom. The number of aliphatic hydroxyl groups is 1. The van der Waals surface area contributed by atoms with Gasteiger partial charge in [0.25, 0.3) is 0 Å². The molecule has 3 aromatic rings. The maximum Gasteiger partial charge on any atom is 0.243 e. The van der Waals surface area contributed by atoms with E-state index < -0.39 is 18.3 Å². The molecule has 1 saturated heterocycles. The average molecular weight is 502 g/mol. The minimum atomic E-state index is -1.09. The van der Waals surface area contributed by atoms with Crippen molar-refractivity contribution in [2.75, 3.05) is 20.2 Å². The van der Waals surface area contributed by atoms with Crippen LogP contribution in [0.15, 0.2) is 42.5 Å². The van der Waals surface area contributed by atoms with Crippen molar-refractivity contribution in [1.82, 2.24) is 20.5 Å². The molecule has 9 nitrogen and oxygen atoms in total.